The fraction of sp³-hybridized carbons (Fsp3) is 0.269. The topological polar surface area (TPSA) is 79.1 Å². The van der Waals surface area contributed by atoms with Gasteiger partial charge in [0.15, 0.2) is 4.80 Å². The molecule has 194 valence electrons. The van der Waals surface area contributed by atoms with E-state index in [4.69, 9.17) is 21.1 Å². The van der Waals surface area contributed by atoms with Crippen molar-refractivity contribution in [2.24, 2.45) is 4.99 Å². The van der Waals surface area contributed by atoms with E-state index in [1.807, 2.05) is 0 Å². The first-order valence-electron chi connectivity index (χ1n) is 11.2. The number of methoxy groups -OCH3 is 1. The van der Waals surface area contributed by atoms with Gasteiger partial charge in [-0.1, -0.05) is 41.1 Å². The Morgan fingerprint density at radius 3 is 2.59 bits per heavy atom. The van der Waals surface area contributed by atoms with Crippen LogP contribution in [0.25, 0.3) is 6.08 Å². The molecule has 0 saturated carbocycles. The van der Waals surface area contributed by atoms with Gasteiger partial charge in [0.25, 0.3) is 5.56 Å². The molecular formula is C26H23ClF2N2O5S. The minimum absolute atomic E-state index is 0.0752. The Kier molecular flexibility index (Phi) is 7.79. The largest absolute Gasteiger partial charge is 0.496 e. The van der Waals surface area contributed by atoms with Crippen LogP contribution in [0.1, 0.15) is 37.9 Å². The monoisotopic (exact) mass is 548 g/mol. The highest BCUT2D eigenvalue weighted by Gasteiger charge is 2.35. The molecule has 4 rings (SSSR count). The first kappa shape index (κ1) is 26.6. The van der Waals surface area contributed by atoms with Crippen molar-refractivity contribution in [3.8, 4) is 11.5 Å². The van der Waals surface area contributed by atoms with Crippen molar-refractivity contribution < 1.29 is 27.8 Å². The first-order valence-corrected chi connectivity index (χ1v) is 12.4. The zero-order valence-electron chi connectivity index (χ0n) is 20.3. The predicted octanol–water partition coefficient (Wildman–Crippen LogP) is 4.45. The van der Waals surface area contributed by atoms with Crippen molar-refractivity contribution in [3.63, 3.8) is 0 Å². The van der Waals surface area contributed by atoms with Crippen LogP contribution in [-0.4, -0.2) is 30.4 Å². The zero-order chi connectivity index (χ0) is 26.9. The van der Waals surface area contributed by atoms with E-state index in [1.165, 1.54) is 23.8 Å². The van der Waals surface area contributed by atoms with Gasteiger partial charge < -0.3 is 14.2 Å². The van der Waals surface area contributed by atoms with Crippen molar-refractivity contribution in [3.05, 3.63) is 89.6 Å². The molecule has 7 nitrogen and oxygen atoms in total. The van der Waals surface area contributed by atoms with Crippen LogP contribution < -0.4 is 24.4 Å². The second kappa shape index (κ2) is 10.9. The third kappa shape index (κ3) is 5.45. The SMILES string of the molecule is COc1ccc(Cl)cc1[C@H]1C(C(=O)OC(C)C)=C(C)N=c2s/c(=C\c3ccccc3OC(F)F)c(=O)n21. The van der Waals surface area contributed by atoms with Crippen molar-refractivity contribution in [1.29, 1.82) is 0 Å². The molecule has 0 bridgehead atoms. The molecule has 2 aromatic carbocycles. The molecule has 0 fully saturated rings. The van der Waals surface area contributed by atoms with Crippen LogP contribution in [0.4, 0.5) is 8.78 Å². The van der Waals surface area contributed by atoms with Crippen molar-refractivity contribution in [2.75, 3.05) is 7.11 Å². The molecule has 0 amide bonds. The van der Waals surface area contributed by atoms with E-state index in [0.29, 0.717) is 32.4 Å². The first-order chi connectivity index (χ1) is 17.6. The van der Waals surface area contributed by atoms with Crippen LogP contribution in [-0.2, 0) is 9.53 Å². The van der Waals surface area contributed by atoms with E-state index in [9.17, 15) is 18.4 Å². The van der Waals surface area contributed by atoms with Gasteiger partial charge in [-0.3, -0.25) is 9.36 Å². The van der Waals surface area contributed by atoms with Crippen molar-refractivity contribution >= 4 is 35.0 Å². The Morgan fingerprint density at radius 2 is 1.92 bits per heavy atom. The van der Waals surface area contributed by atoms with Gasteiger partial charge in [-0.2, -0.15) is 8.78 Å². The number of hydrogen-bond donors (Lipinski definition) is 0. The van der Waals surface area contributed by atoms with E-state index in [0.717, 1.165) is 11.3 Å². The number of carbonyl (C=O) groups is 1. The summed E-state index contributed by atoms with van der Waals surface area (Å²) in [5.41, 5.74) is 0.806. The molecule has 0 N–H and O–H groups in total. The summed E-state index contributed by atoms with van der Waals surface area (Å²) in [5, 5.41) is 0.377. The molecule has 11 heteroatoms. The lowest BCUT2D eigenvalue weighted by molar-refractivity contribution is -0.143. The maximum atomic E-state index is 13.8. The minimum Gasteiger partial charge on any atom is -0.496 e. The number of hydrogen-bond acceptors (Lipinski definition) is 7. The lowest BCUT2D eigenvalue weighted by Crippen LogP contribution is -2.40. The van der Waals surface area contributed by atoms with E-state index in [1.54, 1.807) is 57.2 Å². The van der Waals surface area contributed by atoms with Gasteiger partial charge in [-0.25, -0.2) is 9.79 Å². The van der Waals surface area contributed by atoms with Gasteiger partial charge in [-0.15, -0.1) is 0 Å². The maximum Gasteiger partial charge on any atom is 0.387 e. The summed E-state index contributed by atoms with van der Waals surface area (Å²) in [6, 6.07) is 10.1. The van der Waals surface area contributed by atoms with Crippen LogP contribution in [0.15, 0.2) is 63.5 Å². The Bertz CT molecular complexity index is 1560. The average Bonchev–Trinajstić information content (AvgIpc) is 3.13. The smallest absolute Gasteiger partial charge is 0.387 e. The molecule has 37 heavy (non-hydrogen) atoms. The number of rotatable bonds is 7. The van der Waals surface area contributed by atoms with Gasteiger partial charge in [-0.05, 0) is 51.1 Å². The molecule has 0 spiro atoms. The van der Waals surface area contributed by atoms with Gasteiger partial charge in [0.2, 0.25) is 0 Å². The molecular weight excluding hydrogens is 526 g/mol. The highest BCUT2D eigenvalue weighted by atomic mass is 35.5. The number of halogens is 3. The summed E-state index contributed by atoms with van der Waals surface area (Å²) in [7, 11) is 1.47. The lowest BCUT2D eigenvalue weighted by atomic mass is 9.95. The van der Waals surface area contributed by atoms with Crippen LogP contribution in [0.5, 0.6) is 11.5 Å². The molecule has 3 aromatic rings. The number of para-hydroxylation sites is 1. The Morgan fingerprint density at radius 1 is 1.19 bits per heavy atom. The Labute approximate surface area is 219 Å². The highest BCUT2D eigenvalue weighted by Crippen LogP contribution is 2.37. The number of benzene rings is 2. The summed E-state index contributed by atoms with van der Waals surface area (Å²) in [6.07, 6.45) is 1.05. The molecule has 0 unspecified atom stereocenters. The summed E-state index contributed by atoms with van der Waals surface area (Å²) in [5.74, 6) is -0.300. The molecule has 1 aromatic heterocycles. The summed E-state index contributed by atoms with van der Waals surface area (Å²) in [4.78, 5) is 31.8. The van der Waals surface area contributed by atoms with E-state index in [-0.39, 0.29) is 15.9 Å². The van der Waals surface area contributed by atoms with E-state index >= 15 is 0 Å². The molecule has 0 radical (unpaired) electrons. The summed E-state index contributed by atoms with van der Waals surface area (Å²) < 4.78 is 43.0. The van der Waals surface area contributed by atoms with Crippen LogP contribution in [0, 0.1) is 0 Å². The second-order valence-electron chi connectivity index (χ2n) is 8.34. The molecule has 0 aliphatic carbocycles. The number of esters is 1. The van der Waals surface area contributed by atoms with Crippen LogP contribution >= 0.6 is 22.9 Å². The Balaban J connectivity index is 1.99. The molecule has 1 aliphatic rings. The maximum absolute atomic E-state index is 13.8. The quantitative estimate of drug-likeness (QED) is 0.408. The lowest BCUT2D eigenvalue weighted by Gasteiger charge is -2.26. The number of nitrogens with zero attached hydrogens (tertiary/aromatic N) is 2. The van der Waals surface area contributed by atoms with Gasteiger partial charge in [0.05, 0.1) is 29.0 Å². The third-order valence-electron chi connectivity index (χ3n) is 5.49. The van der Waals surface area contributed by atoms with Gasteiger partial charge in [0, 0.05) is 16.1 Å². The number of allylic oxidation sites excluding steroid dienone is 1. The number of alkyl halides is 2. The Hall–Kier alpha value is -3.50. The number of thiazole rings is 1. The number of aromatic nitrogens is 1. The van der Waals surface area contributed by atoms with E-state index in [2.05, 4.69) is 9.73 Å². The molecule has 1 atom stereocenters. The fourth-order valence-electron chi connectivity index (χ4n) is 4.02. The minimum atomic E-state index is -3.02. The standard InChI is InChI=1S/C26H23ClF2N2O5S/c1-13(2)35-24(33)21-14(3)30-26-31(22(21)17-12-16(27)9-10-19(17)34-4)23(32)20(37-26)11-15-7-5-6-8-18(15)36-25(28)29/h5-13,22,25H,1-4H3/b20-11-/t22-/m0/s1. The predicted molar refractivity (Wildman–Crippen MR) is 136 cm³/mol. The average molecular weight is 549 g/mol. The number of ether oxygens (including phenoxy) is 3. The molecule has 1 aliphatic heterocycles. The third-order valence-corrected chi connectivity index (χ3v) is 6.71. The van der Waals surface area contributed by atoms with Crippen molar-refractivity contribution in [2.45, 2.75) is 39.5 Å². The fourth-order valence-corrected chi connectivity index (χ4v) is 5.24. The summed E-state index contributed by atoms with van der Waals surface area (Å²) in [6.45, 7) is 2.07. The highest BCUT2D eigenvalue weighted by molar-refractivity contribution is 7.07. The van der Waals surface area contributed by atoms with Gasteiger partial charge >= 0.3 is 12.6 Å². The normalized spacial score (nSPS) is 15.6. The second-order valence-corrected chi connectivity index (χ2v) is 9.78. The van der Waals surface area contributed by atoms with Crippen LogP contribution in [0.2, 0.25) is 5.02 Å². The van der Waals surface area contributed by atoms with Crippen LogP contribution in [0.3, 0.4) is 0 Å². The number of fused-ring (bicyclic) bond motifs is 1. The van der Waals surface area contributed by atoms with Gasteiger partial charge in [0.1, 0.15) is 17.5 Å². The molecule has 2 heterocycles. The molecule has 0 saturated heterocycles. The van der Waals surface area contributed by atoms with Crippen molar-refractivity contribution in [1.82, 2.24) is 4.57 Å². The zero-order valence-corrected chi connectivity index (χ0v) is 21.9. The number of carbonyl (C=O) groups excluding carboxylic acids is 1. The van der Waals surface area contributed by atoms with E-state index < -0.39 is 30.3 Å². The summed E-state index contributed by atoms with van der Waals surface area (Å²) >= 11 is 7.36.